The van der Waals surface area contributed by atoms with E-state index >= 15 is 0 Å². The third kappa shape index (κ3) is 5.39. The van der Waals surface area contributed by atoms with Crippen LogP contribution < -0.4 is 20.1 Å². The zero-order valence-corrected chi connectivity index (χ0v) is 14.9. The van der Waals surface area contributed by atoms with Crippen molar-refractivity contribution in [3.05, 3.63) is 47.5 Å². The van der Waals surface area contributed by atoms with Crippen molar-refractivity contribution < 1.29 is 19.1 Å². The van der Waals surface area contributed by atoms with Crippen molar-refractivity contribution in [1.82, 2.24) is 0 Å². The highest BCUT2D eigenvalue weighted by molar-refractivity contribution is 6.31. The lowest BCUT2D eigenvalue weighted by Crippen LogP contribution is -2.30. The number of hydrogen-bond donors (Lipinski definition) is 2. The summed E-state index contributed by atoms with van der Waals surface area (Å²) >= 11 is 5.95. The van der Waals surface area contributed by atoms with Crippen LogP contribution in [-0.2, 0) is 9.59 Å². The molecule has 0 saturated carbocycles. The maximum absolute atomic E-state index is 12.3. The van der Waals surface area contributed by atoms with E-state index in [1.54, 1.807) is 49.4 Å². The van der Waals surface area contributed by atoms with Crippen LogP contribution in [0.3, 0.4) is 0 Å². The van der Waals surface area contributed by atoms with Gasteiger partial charge < -0.3 is 20.1 Å². The summed E-state index contributed by atoms with van der Waals surface area (Å²) in [6.45, 7) is 3.06. The number of halogens is 1. The first-order chi connectivity index (χ1) is 11.9. The van der Waals surface area contributed by atoms with E-state index in [9.17, 15) is 9.59 Å². The molecule has 0 saturated heterocycles. The second kappa shape index (κ2) is 8.39. The van der Waals surface area contributed by atoms with Gasteiger partial charge in [-0.1, -0.05) is 11.6 Å². The molecule has 6 nitrogen and oxygen atoms in total. The van der Waals surface area contributed by atoms with Gasteiger partial charge in [-0.15, -0.1) is 0 Å². The molecule has 7 heteroatoms. The Hall–Kier alpha value is -2.73. The van der Waals surface area contributed by atoms with E-state index in [-0.39, 0.29) is 11.8 Å². The molecule has 2 aromatic carbocycles. The fourth-order valence-electron chi connectivity index (χ4n) is 2.09. The Balaban J connectivity index is 2.00. The predicted molar refractivity (Wildman–Crippen MR) is 97.5 cm³/mol. The van der Waals surface area contributed by atoms with Gasteiger partial charge in [-0.2, -0.15) is 0 Å². The lowest BCUT2D eigenvalue weighted by atomic mass is 10.2. The van der Waals surface area contributed by atoms with E-state index < -0.39 is 6.10 Å². The van der Waals surface area contributed by atoms with Crippen molar-refractivity contribution in [2.75, 3.05) is 17.7 Å². The average Bonchev–Trinajstić information content (AvgIpc) is 2.56. The Morgan fingerprint density at radius 3 is 2.36 bits per heavy atom. The Labute approximate surface area is 151 Å². The summed E-state index contributed by atoms with van der Waals surface area (Å²) in [6, 6.07) is 11.7. The third-order valence-corrected chi connectivity index (χ3v) is 3.51. The minimum absolute atomic E-state index is 0.156. The van der Waals surface area contributed by atoms with Gasteiger partial charge in [0.05, 0.1) is 12.8 Å². The standard InChI is InChI=1S/C18H19ClN2O4/c1-11(25-15-7-5-14(6-8-15)20-12(2)22)18(23)21-16-10-13(19)4-9-17(16)24-3/h4-11H,1-3H3,(H,20,22)(H,21,23)/t11-/m0/s1. The number of anilines is 2. The number of methoxy groups -OCH3 is 1. The first-order valence-electron chi connectivity index (χ1n) is 7.57. The van der Waals surface area contributed by atoms with Crippen molar-refractivity contribution in [3.8, 4) is 11.5 Å². The molecule has 0 unspecified atom stereocenters. The molecule has 2 amide bonds. The third-order valence-electron chi connectivity index (χ3n) is 3.28. The van der Waals surface area contributed by atoms with Gasteiger partial charge >= 0.3 is 0 Å². The van der Waals surface area contributed by atoms with E-state index in [1.165, 1.54) is 14.0 Å². The van der Waals surface area contributed by atoms with Gasteiger partial charge in [0, 0.05) is 17.6 Å². The largest absolute Gasteiger partial charge is 0.495 e. The minimum atomic E-state index is -0.740. The number of carbonyl (C=O) groups is 2. The maximum Gasteiger partial charge on any atom is 0.265 e. The van der Waals surface area contributed by atoms with Crippen molar-refractivity contribution in [3.63, 3.8) is 0 Å². The number of rotatable bonds is 6. The summed E-state index contributed by atoms with van der Waals surface area (Å²) < 4.78 is 10.8. The molecule has 25 heavy (non-hydrogen) atoms. The fraction of sp³-hybridized carbons (Fsp3) is 0.222. The molecule has 1 atom stereocenters. The number of benzene rings is 2. The molecule has 0 aliphatic carbocycles. The fourth-order valence-corrected chi connectivity index (χ4v) is 2.26. The molecular formula is C18H19ClN2O4. The molecule has 2 rings (SSSR count). The van der Waals surface area contributed by atoms with Crippen molar-refractivity contribution >= 4 is 34.8 Å². The maximum atomic E-state index is 12.3. The van der Waals surface area contributed by atoms with Crippen LogP contribution >= 0.6 is 11.6 Å². The van der Waals surface area contributed by atoms with Gasteiger partial charge in [-0.05, 0) is 49.4 Å². The van der Waals surface area contributed by atoms with E-state index in [1.807, 2.05) is 0 Å². The quantitative estimate of drug-likeness (QED) is 0.821. The molecule has 2 N–H and O–H groups in total. The minimum Gasteiger partial charge on any atom is -0.495 e. The highest BCUT2D eigenvalue weighted by Crippen LogP contribution is 2.28. The molecule has 0 spiro atoms. The zero-order valence-electron chi connectivity index (χ0n) is 14.1. The lowest BCUT2D eigenvalue weighted by Gasteiger charge is -2.16. The Kier molecular flexibility index (Phi) is 6.25. The van der Waals surface area contributed by atoms with Gasteiger partial charge in [-0.3, -0.25) is 9.59 Å². The van der Waals surface area contributed by atoms with Gasteiger partial charge in [0.2, 0.25) is 5.91 Å². The zero-order chi connectivity index (χ0) is 18.4. The predicted octanol–water partition coefficient (Wildman–Crippen LogP) is 3.71. The second-order valence-electron chi connectivity index (χ2n) is 5.30. The smallest absolute Gasteiger partial charge is 0.265 e. The van der Waals surface area contributed by atoms with E-state index in [4.69, 9.17) is 21.1 Å². The van der Waals surface area contributed by atoms with Crippen LogP contribution in [0.15, 0.2) is 42.5 Å². The van der Waals surface area contributed by atoms with E-state index in [0.717, 1.165) is 0 Å². The Morgan fingerprint density at radius 2 is 1.76 bits per heavy atom. The van der Waals surface area contributed by atoms with Gasteiger partial charge in [0.15, 0.2) is 6.10 Å². The van der Waals surface area contributed by atoms with Gasteiger partial charge in [-0.25, -0.2) is 0 Å². The van der Waals surface area contributed by atoms with Crippen LogP contribution in [0.5, 0.6) is 11.5 Å². The van der Waals surface area contributed by atoms with Crippen molar-refractivity contribution in [2.45, 2.75) is 20.0 Å². The molecule has 0 heterocycles. The van der Waals surface area contributed by atoms with Crippen molar-refractivity contribution in [1.29, 1.82) is 0 Å². The molecular weight excluding hydrogens is 344 g/mol. The normalized spacial score (nSPS) is 11.4. The highest BCUT2D eigenvalue weighted by Gasteiger charge is 2.17. The van der Waals surface area contributed by atoms with Crippen molar-refractivity contribution in [2.24, 2.45) is 0 Å². The summed E-state index contributed by atoms with van der Waals surface area (Å²) in [7, 11) is 1.51. The Bertz CT molecular complexity index is 762. The monoisotopic (exact) mass is 362 g/mol. The highest BCUT2D eigenvalue weighted by atomic mass is 35.5. The molecule has 0 aliphatic rings. The summed E-state index contributed by atoms with van der Waals surface area (Å²) in [6.07, 6.45) is -0.740. The number of nitrogens with one attached hydrogen (secondary N) is 2. The summed E-state index contributed by atoms with van der Waals surface area (Å²) in [4.78, 5) is 23.3. The number of carbonyl (C=O) groups excluding carboxylic acids is 2. The average molecular weight is 363 g/mol. The Morgan fingerprint density at radius 1 is 1.08 bits per heavy atom. The lowest BCUT2D eigenvalue weighted by molar-refractivity contribution is -0.122. The SMILES string of the molecule is COc1ccc(Cl)cc1NC(=O)[C@H](C)Oc1ccc(NC(C)=O)cc1. The van der Waals surface area contributed by atoms with Crippen LogP contribution in [-0.4, -0.2) is 25.0 Å². The van der Waals surface area contributed by atoms with Crippen LogP contribution in [0.2, 0.25) is 5.02 Å². The molecule has 2 aromatic rings. The number of hydrogen-bond acceptors (Lipinski definition) is 4. The molecule has 0 aliphatic heterocycles. The number of ether oxygens (including phenoxy) is 2. The van der Waals surface area contributed by atoms with Gasteiger partial charge in [0.25, 0.3) is 5.91 Å². The molecule has 0 aromatic heterocycles. The molecule has 132 valence electrons. The topological polar surface area (TPSA) is 76.7 Å². The van der Waals surface area contributed by atoms with Crippen LogP contribution in [0.1, 0.15) is 13.8 Å². The summed E-state index contributed by atoms with van der Waals surface area (Å²) in [5.74, 6) is 0.516. The number of amides is 2. The van der Waals surface area contributed by atoms with Crippen LogP contribution in [0, 0.1) is 0 Å². The van der Waals surface area contributed by atoms with Gasteiger partial charge in [0.1, 0.15) is 11.5 Å². The summed E-state index contributed by atoms with van der Waals surface area (Å²) in [5.41, 5.74) is 1.12. The van der Waals surface area contributed by atoms with Crippen LogP contribution in [0.4, 0.5) is 11.4 Å². The molecule has 0 fully saturated rings. The van der Waals surface area contributed by atoms with E-state index in [2.05, 4.69) is 10.6 Å². The first-order valence-corrected chi connectivity index (χ1v) is 7.95. The second-order valence-corrected chi connectivity index (χ2v) is 5.74. The first kappa shape index (κ1) is 18.6. The van der Waals surface area contributed by atoms with Crippen LogP contribution in [0.25, 0.3) is 0 Å². The molecule has 0 radical (unpaired) electrons. The molecule has 0 bridgehead atoms. The summed E-state index contributed by atoms with van der Waals surface area (Å²) in [5, 5.41) is 5.87. The van der Waals surface area contributed by atoms with E-state index in [0.29, 0.717) is 27.9 Å².